The number of rotatable bonds is 11. The molecule has 3 aliphatic rings. The van der Waals surface area contributed by atoms with Gasteiger partial charge in [0.15, 0.2) is 17.0 Å². The first-order chi connectivity index (χ1) is 21.9. The van der Waals surface area contributed by atoms with Crippen LogP contribution in [0.1, 0.15) is 186 Å². The van der Waals surface area contributed by atoms with Crippen LogP contribution in [-0.2, 0) is 19.2 Å². The summed E-state index contributed by atoms with van der Waals surface area (Å²) in [4.78, 5) is 59.0. The molecule has 258 valence electrons. The first kappa shape index (κ1) is 37.9. The molecule has 0 aromatic rings. The lowest BCUT2D eigenvalue weighted by molar-refractivity contribution is -0.171. The molecule has 0 bridgehead atoms. The van der Waals surface area contributed by atoms with Gasteiger partial charge in [0, 0.05) is 23.7 Å². The maximum atomic E-state index is 15.1. The van der Waals surface area contributed by atoms with Gasteiger partial charge in [-0.15, -0.1) is 0 Å². The highest BCUT2D eigenvalue weighted by molar-refractivity contribution is 6.25. The van der Waals surface area contributed by atoms with E-state index in [9.17, 15) is 14.7 Å². The molecule has 1 atom stereocenters. The van der Waals surface area contributed by atoms with E-state index in [1.165, 1.54) is 19.3 Å². The predicted molar refractivity (Wildman–Crippen MR) is 182 cm³/mol. The summed E-state index contributed by atoms with van der Waals surface area (Å²) in [5.74, 6) is -4.76. The van der Waals surface area contributed by atoms with Crippen LogP contribution >= 0.6 is 0 Å². The van der Waals surface area contributed by atoms with Crippen LogP contribution in [0.5, 0.6) is 0 Å². The van der Waals surface area contributed by atoms with Crippen molar-refractivity contribution in [2.24, 2.45) is 34.8 Å². The van der Waals surface area contributed by atoms with Crippen molar-refractivity contribution in [3.8, 4) is 0 Å². The number of carbonyl (C=O) groups excluding carboxylic acids is 3. The molecule has 0 aliphatic heterocycles. The molecule has 45 heavy (non-hydrogen) atoms. The molecule has 0 aromatic carbocycles. The van der Waals surface area contributed by atoms with E-state index >= 15 is 9.59 Å². The third kappa shape index (κ3) is 11.3. The summed E-state index contributed by atoms with van der Waals surface area (Å²) in [5, 5.41) is 11.4. The van der Waals surface area contributed by atoms with Crippen molar-refractivity contribution in [2.45, 2.75) is 186 Å². The largest absolute Gasteiger partial charge is 0.480 e. The van der Waals surface area contributed by atoms with Gasteiger partial charge in [0.2, 0.25) is 0 Å². The van der Waals surface area contributed by atoms with Crippen molar-refractivity contribution in [1.29, 1.82) is 0 Å². The highest BCUT2D eigenvalue weighted by Crippen LogP contribution is 2.45. The highest BCUT2D eigenvalue weighted by atomic mass is 16.4. The Kier molecular flexibility index (Phi) is 18.0. The molecular weight excluding hydrogens is 562 g/mol. The molecule has 0 radical (unpaired) electrons. The van der Waals surface area contributed by atoms with Gasteiger partial charge < -0.3 is 10.8 Å². The average molecular weight is 630 g/mol. The van der Waals surface area contributed by atoms with Gasteiger partial charge in [-0.1, -0.05) is 135 Å². The topological polar surface area (TPSA) is 115 Å². The van der Waals surface area contributed by atoms with Gasteiger partial charge in [-0.3, -0.25) is 19.2 Å². The van der Waals surface area contributed by atoms with Crippen LogP contribution in [0.15, 0.2) is 0 Å². The molecule has 0 spiro atoms. The number of carboxylic acid groups (broad SMARTS) is 1. The van der Waals surface area contributed by atoms with E-state index in [-0.39, 0.29) is 18.1 Å². The monoisotopic (exact) mass is 630 g/mol. The number of hydrogen-bond acceptors (Lipinski definition) is 5. The fourth-order valence-corrected chi connectivity index (χ4v) is 8.89. The fraction of sp³-hybridized carbons (Fsp3) is 0.897. The summed E-state index contributed by atoms with van der Waals surface area (Å²) in [5.41, 5.74) is 3.71. The van der Waals surface area contributed by atoms with Crippen molar-refractivity contribution >= 4 is 23.3 Å². The van der Waals surface area contributed by atoms with Gasteiger partial charge in [-0.05, 0) is 57.9 Å². The third-order valence-electron chi connectivity index (χ3n) is 11.6. The smallest absolute Gasteiger partial charge is 0.325 e. The molecule has 3 fully saturated rings. The number of nitrogens with two attached hydrogens (primary N) is 1. The second-order valence-corrected chi connectivity index (χ2v) is 15.0. The fourth-order valence-electron chi connectivity index (χ4n) is 8.89. The van der Waals surface area contributed by atoms with Crippen molar-refractivity contribution in [2.75, 3.05) is 6.54 Å². The van der Waals surface area contributed by atoms with Gasteiger partial charge in [0.1, 0.15) is 5.78 Å². The zero-order chi connectivity index (χ0) is 32.3. The molecular formula is C39H67NO5. The average Bonchev–Trinajstić information content (AvgIpc) is 3.05. The number of Topliss-reactive ketones (excluding diaryl/α,β-unsaturated/α-hetero) is 3. The lowest BCUT2D eigenvalue weighted by atomic mass is 9.58. The standard InChI is InChI=1S/C39H67NO5/c40-30-22-29-34(35(41)31-23-16-10-4-1-5-11-17-24-31)39(38(44)45,36(42)32-25-18-12-6-2-7-13-19-26-32)37(43)33-27-20-14-8-3-9-15-21-28-33/h31-34H,1-30,40H2,(H,44,45). The molecule has 1 unspecified atom stereocenters. The minimum atomic E-state index is -2.30. The van der Waals surface area contributed by atoms with Gasteiger partial charge in [0.25, 0.3) is 0 Å². The Hall–Kier alpha value is -1.56. The third-order valence-corrected chi connectivity index (χ3v) is 11.6. The zero-order valence-corrected chi connectivity index (χ0v) is 28.7. The van der Waals surface area contributed by atoms with E-state index in [0.29, 0.717) is 38.6 Å². The molecule has 0 aromatic heterocycles. The minimum absolute atomic E-state index is 0.132. The number of carboxylic acids is 1. The minimum Gasteiger partial charge on any atom is -0.480 e. The zero-order valence-electron chi connectivity index (χ0n) is 28.7. The Morgan fingerprint density at radius 1 is 0.511 bits per heavy atom. The summed E-state index contributed by atoms with van der Waals surface area (Å²) in [6, 6.07) is 0. The summed E-state index contributed by atoms with van der Waals surface area (Å²) in [6.45, 7) is 0.305. The van der Waals surface area contributed by atoms with Crippen LogP contribution in [0.4, 0.5) is 0 Å². The predicted octanol–water partition coefficient (Wildman–Crippen LogP) is 9.54. The molecule has 0 amide bonds. The van der Waals surface area contributed by atoms with Crippen molar-refractivity contribution in [1.82, 2.24) is 0 Å². The maximum Gasteiger partial charge on any atom is 0.325 e. The van der Waals surface area contributed by atoms with Gasteiger partial charge in [0.05, 0.1) is 0 Å². The van der Waals surface area contributed by atoms with Crippen molar-refractivity contribution in [3.05, 3.63) is 0 Å². The number of ketones is 3. The Morgan fingerprint density at radius 3 is 1.09 bits per heavy atom. The summed E-state index contributed by atoms with van der Waals surface area (Å²) in [7, 11) is 0. The van der Waals surface area contributed by atoms with Gasteiger partial charge >= 0.3 is 5.97 Å². The maximum absolute atomic E-state index is 15.1. The lowest BCUT2D eigenvalue weighted by Gasteiger charge is -2.40. The first-order valence-corrected chi connectivity index (χ1v) is 19.5. The van der Waals surface area contributed by atoms with Crippen LogP contribution in [0.25, 0.3) is 0 Å². The summed E-state index contributed by atoms with van der Waals surface area (Å²) in [6.07, 6.45) is 26.6. The van der Waals surface area contributed by atoms with E-state index in [1.807, 2.05) is 0 Å². The number of aliphatic carboxylic acids is 1. The highest BCUT2D eigenvalue weighted by Gasteiger charge is 2.62. The van der Waals surface area contributed by atoms with Crippen LogP contribution < -0.4 is 5.73 Å². The molecule has 3 saturated carbocycles. The Morgan fingerprint density at radius 2 is 0.800 bits per heavy atom. The number of carbonyl (C=O) groups is 4. The van der Waals surface area contributed by atoms with Crippen molar-refractivity contribution in [3.63, 3.8) is 0 Å². The summed E-state index contributed by atoms with van der Waals surface area (Å²) >= 11 is 0. The Bertz CT molecular complexity index is 832. The lowest BCUT2D eigenvalue weighted by Crippen LogP contribution is -2.59. The van der Waals surface area contributed by atoms with Crippen LogP contribution in [-0.4, -0.2) is 35.0 Å². The van der Waals surface area contributed by atoms with Gasteiger partial charge in [-0.25, -0.2) is 0 Å². The number of hydrogen-bond donors (Lipinski definition) is 2. The van der Waals surface area contributed by atoms with Crippen molar-refractivity contribution < 1.29 is 24.3 Å². The molecule has 0 saturated heterocycles. The quantitative estimate of drug-likeness (QED) is 0.220. The molecule has 3 aliphatic carbocycles. The summed E-state index contributed by atoms with van der Waals surface area (Å²) < 4.78 is 0. The van der Waals surface area contributed by atoms with E-state index < -0.39 is 40.7 Å². The molecule has 6 heteroatoms. The van der Waals surface area contributed by atoms with E-state index in [0.717, 1.165) is 128 Å². The molecule has 3 N–H and O–H groups in total. The molecule has 3 rings (SSSR count). The van der Waals surface area contributed by atoms with E-state index in [4.69, 9.17) is 5.73 Å². The first-order valence-electron chi connectivity index (χ1n) is 19.5. The SMILES string of the molecule is NCCCC(C(=O)C1CCCCCCCCC1)C(C(=O)O)(C(=O)C1CCCCCCCCC1)C(=O)C1CCCCCCCCC1. The Balaban J connectivity index is 2.10. The molecule has 0 heterocycles. The van der Waals surface area contributed by atoms with E-state index in [2.05, 4.69) is 0 Å². The molecule has 6 nitrogen and oxygen atoms in total. The van der Waals surface area contributed by atoms with Crippen LogP contribution in [0.3, 0.4) is 0 Å². The van der Waals surface area contributed by atoms with E-state index in [1.54, 1.807) is 0 Å². The normalized spacial score (nSPS) is 23.0. The second-order valence-electron chi connectivity index (χ2n) is 15.0. The Labute approximate surface area is 274 Å². The van der Waals surface area contributed by atoms with Crippen LogP contribution in [0.2, 0.25) is 0 Å². The van der Waals surface area contributed by atoms with Crippen LogP contribution in [0, 0.1) is 29.1 Å². The second kappa shape index (κ2) is 21.3. The van der Waals surface area contributed by atoms with Gasteiger partial charge in [-0.2, -0.15) is 0 Å².